The van der Waals surface area contributed by atoms with Crippen molar-refractivity contribution in [2.24, 2.45) is 10.9 Å². The second-order valence-corrected chi connectivity index (χ2v) is 7.80. The summed E-state index contributed by atoms with van der Waals surface area (Å²) in [5.41, 5.74) is 1.27. The first-order valence-electron chi connectivity index (χ1n) is 10.6. The van der Waals surface area contributed by atoms with Gasteiger partial charge >= 0.3 is 0 Å². The van der Waals surface area contributed by atoms with Crippen LogP contribution in [0.15, 0.2) is 35.3 Å². The van der Waals surface area contributed by atoms with Gasteiger partial charge in [-0.05, 0) is 30.9 Å². The molecule has 28 heavy (non-hydrogen) atoms. The number of para-hydroxylation sites is 1. The van der Waals surface area contributed by atoms with Crippen LogP contribution in [0, 0.1) is 5.92 Å². The van der Waals surface area contributed by atoms with Crippen molar-refractivity contribution in [3.05, 3.63) is 30.3 Å². The molecule has 1 fully saturated rings. The van der Waals surface area contributed by atoms with E-state index in [1.807, 2.05) is 7.05 Å². The number of ether oxygens (including phenoxy) is 1. The standard InChI is InChI=1S/C22H39N5O/c1-19(2)21(27-14-16-28-17-15-27)18-25-22(23-3)24-12-8-9-13-26(4)20-10-6-5-7-11-20/h5-7,10-11,19,21H,8-9,12-18H2,1-4H3,(H2,23,24,25). The molecule has 0 saturated carbocycles. The van der Waals surface area contributed by atoms with Crippen molar-refractivity contribution in [1.29, 1.82) is 0 Å². The van der Waals surface area contributed by atoms with E-state index in [1.165, 1.54) is 5.69 Å². The molecule has 1 aliphatic heterocycles. The molecule has 0 aliphatic carbocycles. The first-order valence-corrected chi connectivity index (χ1v) is 10.6. The molecule has 1 heterocycles. The number of nitrogens with one attached hydrogen (secondary N) is 2. The molecule has 0 aromatic heterocycles. The molecule has 0 bridgehead atoms. The Morgan fingerprint density at radius 2 is 1.86 bits per heavy atom. The molecule has 0 radical (unpaired) electrons. The minimum atomic E-state index is 0.502. The number of guanidine groups is 1. The molecule has 6 nitrogen and oxygen atoms in total. The molecule has 158 valence electrons. The lowest BCUT2D eigenvalue weighted by Gasteiger charge is -2.37. The smallest absolute Gasteiger partial charge is 0.191 e. The van der Waals surface area contributed by atoms with Crippen molar-refractivity contribution in [3.8, 4) is 0 Å². The van der Waals surface area contributed by atoms with E-state index in [0.717, 1.165) is 64.7 Å². The van der Waals surface area contributed by atoms with Crippen LogP contribution in [0.2, 0.25) is 0 Å². The maximum Gasteiger partial charge on any atom is 0.191 e. The molecule has 6 heteroatoms. The van der Waals surface area contributed by atoms with Gasteiger partial charge in [-0.25, -0.2) is 0 Å². The van der Waals surface area contributed by atoms with Crippen LogP contribution >= 0.6 is 0 Å². The lowest BCUT2D eigenvalue weighted by Crippen LogP contribution is -2.52. The fraction of sp³-hybridized carbons (Fsp3) is 0.682. The van der Waals surface area contributed by atoms with E-state index in [0.29, 0.717) is 12.0 Å². The third kappa shape index (κ3) is 7.68. The average molecular weight is 390 g/mol. The summed E-state index contributed by atoms with van der Waals surface area (Å²) < 4.78 is 5.50. The highest BCUT2D eigenvalue weighted by Gasteiger charge is 2.23. The molecule has 1 aromatic carbocycles. The van der Waals surface area contributed by atoms with Gasteiger partial charge in [0.05, 0.1) is 13.2 Å². The molecule has 2 N–H and O–H groups in total. The number of anilines is 1. The van der Waals surface area contributed by atoms with E-state index >= 15 is 0 Å². The van der Waals surface area contributed by atoms with Crippen LogP contribution in [0.5, 0.6) is 0 Å². The Morgan fingerprint density at radius 1 is 1.14 bits per heavy atom. The van der Waals surface area contributed by atoms with Crippen LogP contribution in [-0.2, 0) is 4.74 Å². The minimum Gasteiger partial charge on any atom is -0.379 e. The van der Waals surface area contributed by atoms with Crippen molar-refractivity contribution in [2.45, 2.75) is 32.7 Å². The zero-order valence-electron chi connectivity index (χ0n) is 18.2. The quantitative estimate of drug-likeness (QED) is 0.366. The summed E-state index contributed by atoms with van der Waals surface area (Å²) in [6.45, 7) is 11.2. The number of hydrogen-bond acceptors (Lipinski definition) is 4. The molecule has 2 rings (SSSR count). The number of unbranched alkanes of at least 4 members (excludes halogenated alkanes) is 1. The van der Waals surface area contributed by atoms with Crippen LogP contribution < -0.4 is 15.5 Å². The maximum absolute atomic E-state index is 5.50. The van der Waals surface area contributed by atoms with E-state index in [4.69, 9.17) is 4.74 Å². The van der Waals surface area contributed by atoms with Gasteiger partial charge < -0.3 is 20.3 Å². The average Bonchev–Trinajstić information content (AvgIpc) is 2.73. The molecular formula is C22H39N5O. The summed E-state index contributed by atoms with van der Waals surface area (Å²) in [7, 11) is 4.00. The van der Waals surface area contributed by atoms with E-state index < -0.39 is 0 Å². The van der Waals surface area contributed by atoms with Crippen LogP contribution in [0.3, 0.4) is 0 Å². The Balaban J connectivity index is 1.65. The van der Waals surface area contributed by atoms with Gasteiger partial charge in [0.2, 0.25) is 0 Å². The van der Waals surface area contributed by atoms with E-state index in [-0.39, 0.29) is 0 Å². The summed E-state index contributed by atoms with van der Waals surface area (Å²) in [4.78, 5) is 9.23. The molecule has 1 saturated heterocycles. The van der Waals surface area contributed by atoms with Crippen LogP contribution in [0.4, 0.5) is 5.69 Å². The third-order valence-electron chi connectivity index (χ3n) is 5.40. The number of aliphatic imine (C=N–C) groups is 1. The Labute approximate surface area is 171 Å². The third-order valence-corrected chi connectivity index (χ3v) is 5.40. The van der Waals surface area contributed by atoms with Crippen molar-refractivity contribution >= 4 is 11.6 Å². The van der Waals surface area contributed by atoms with E-state index in [1.54, 1.807) is 0 Å². The fourth-order valence-electron chi connectivity index (χ4n) is 3.61. The second-order valence-electron chi connectivity index (χ2n) is 7.80. The lowest BCUT2D eigenvalue weighted by atomic mass is 10.0. The molecule has 0 spiro atoms. The Bertz CT molecular complexity index is 557. The molecule has 1 atom stereocenters. The van der Waals surface area contributed by atoms with E-state index in [2.05, 4.69) is 76.7 Å². The summed E-state index contributed by atoms with van der Waals surface area (Å²) in [5, 5.41) is 6.98. The number of morpholine rings is 1. The van der Waals surface area contributed by atoms with Gasteiger partial charge in [-0.15, -0.1) is 0 Å². The van der Waals surface area contributed by atoms with Crippen molar-refractivity contribution in [1.82, 2.24) is 15.5 Å². The normalized spacial score (nSPS) is 16.8. The van der Waals surface area contributed by atoms with Gasteiger partial charge in [-0.2, -0.15) is 0 Å². The monoisotopic (exact) mass is 389 g/mol. The van der Waals surface area contributed by atoms with Crippen LogP contribution in [0.1, 0.15) is 26.7 Å². The first kappa shape index (κ1) is 22.5. The molecule has 1 unspecified atom stereocenters. The SMILES string of the molecule is CN=C(NCCCCN(C)c1ccccc1)NCC(C(C)C)N1CCOCC1. The number of rotatable bonds is 10. The lowest BCUT2D eigenvalue weighted by molar-refractivity contribution is 0.00752. The summed E-state index contributed by atoms with van der Waals surface area (Å²) in [6, 6.07) is 11.0. The molecular weight excluding hydrogens is 350 g/mol. The molecule has 1 aromatic rings. The largest absolute Gasteiger partial charge is 0.379 e. The first-order chi connectivity index (χ1) is 13.6. The molecule has 0 amide bonds. The van der Waals surface area contributed by atoms with Crippen molar-refractivity contribution < 1.29 is 4.74 Å². The zero-order valence-corrected chi connectivity index (χ0v) is 18.2. The highest BCUT2D eigenvalue weighted by Crippen LogP contribution is 2.12. The van der Waals surface area contributed by atoms with Gasteiger partial charge in [-0.3, -0.25) is 9.89 Å². The number of benzene rings is 1. The van der Waals surface area contributed by atoms with Gasteiger partial charge in [0.15, 0.2) is 5.96 Å². The van der Waals surface area contributed by atoms with Gasteiger partial charge in [0.1, 0.15) is 0 Å². The topological polar surface area (TPSA) is 52.1 Å². The number of nitrogens with zero attached hydrogens (tertiary/aromatic N) is 3. The highest BCUT2D eigenvalue weighted by molar-refractivity contribution is 5.79. The van der Waals surface area contributed by atoms with Crippen LogP contribution in [-0.4, -0.2) is 76.9 Å². The Kier molecular flexibility index (Phi) is 10.1. The Hall–Kier alpha value is -1.79. The summed E-state index contributed by atoms with van der Waals surface area (Å²) in [6.07, 6.45) is 2.27. The van der Waals surface area contributed by atoms with Gasteiger partial charge in [0.25, 0.3) is 0 Å². The van der Waals surface area contributed by atoms with Gasteiger partial charge in [-0.1, -0.05) is 32.0 Å². The predicted molar refractivity (Wildman–Crippen MR) is 119 cm³/mol. The minimum absolute atomic E-state index is 0.502. The van der Waals surface area contributed by atoms with Crippen LogP contribution in [0.25, 0.3) is 0 Å². The highest BCUT2D eigenvalue weighted by atomic mass is 16.5. The van der Waals surface area contributed by atoms with E-state index in [9.17, 15) is 0 Å². The molecule has 1 aliphatic rings. The maximum atomic E-state index is 5.50. The fourth-order valence-corrected chi connectivity index (χ4v) is 3.61. The Morgan fingerprint density at radius 3 is 2.50 bits per heavy atom. The second kappa shape index (κ2) is 12.6. The summed E-state index contributed by atoms with van der Waals surface area (Å²) in [5.74, 6) is 1.49. The van der Waals surface area contributed by atoms with Gasteiger partial charge in [0, 0.05) is 58.5 Å². The zero-order chi connectivity index (χ0) is 20.2. The predicted octanol–water partition coefficient (Wildman–Crippen LogP) is 2.42. The summed E-state index contributed by atoms with van der Waals surface area (Å²) >= 11 is 0. The van der Waals surface area contributed by atoms with Crippen molar-refractivity contribution in [2.75, 3.05) is 64.9 Å². The van der Waals surface area contributed by atoms with Crippen molar-refractivity contribution in [3.63, 3.8) is 0 Å². The number of hydrogen-bond donors (Lipinski definition) is 2.